The number of carbonyl (C=O) groups excluding carboxylic acids is 1. The van der Waals surface area contributed by atoms with Crippen LogP contribution in [0.15, 0.2) is 36.4 Å². The molecule has 0 fully saturated rings. The van der Waals surface area contributed by atoms with Crippen LogP contribution in [0.2, 0.25) is 5.02 Å². The van der Waals surface area contributed by atoms with Gasteiger partial charge >= 0.3 is 0 Å². The van der Waals surface area contributed by atoms with Gasteiger partial charge in [-0.15, -0.1) is 0 Å². The molecule has 2 unspecified atom stereocenters. The number of Topliss-reactive ketones (excluding diaryl/α,β-unsaturated/α-hetero) is 1. The molecule has 2 N–H and O–H groups in total. The fourth-order valence-electron chi connectivity index (χ4n) is 1.95. The van der Waals surface area contributed by atoms with Crippen LogP contribution in [0.1, 0.15) is 12.0 Å². The van der Waals surface area contributed by atoms with Crippen LogP contribution in [0, 0.1) is 5.92 Å². The molecule has 2 atom stereocenters. The van der Waals surface area contributed by atoms with Gasteiger partial charge in [-0.2, -0.15) is 0 Å². The number of allylic oxidation sites excluding steroid dienone is 1. The zero-order valence-electron chi connectivity index (χ0n) is 8.90. The molecule has 1 aromatic carbocycles. The first-order valence-corrected chi connectivity index (χ1v) is 5.74. The maximum Gasteiger partial charge on any atom is 0.144 e. The molecule has 0 saturated heterocycles. The summed E-state index contributed by atoms with van der Waals surface area (Å²) in [5, 5.41) is 0.670. The molecule has 84 valence electrons. The van der Waals surface area contributed by atoms with Crippen molar-refractivity contribution in [2.24, 2.45) is 11.7 Å². The molecule has 0 radical (unpaired) electrons. The molecule has 1 aliphatic carbocycles. The maximum absolute atomic E-state index is 11.9. The lowest BCUT2D eigenvalue weighted by atomic mass is 9.97. The third kappa shape index (κ3) is 2.71. The van der Waals surface area contributed by atoms with E-state index >= 15 is 0 Å². The first-order valence-electron chi connectivity index (χ1n) is 5.36. The Kier molecular flexibility index (Phi) is 3.42. The van der Waals surface area contributed by atoms with E-state index in [0.29, 0.717) is 11.4 Å². The number of carbonyl (C=O) groups is 1. The fourth-order valence-corrected chi connectivity index (χ4v) is 2.16. The summed E-state index contributed by atoms with van der Waals surface area (Å²) in [6.45, 7) is 0. The Labute approximate surface area is 100 Å². The highest BCUT2D eigenvalue weighted by atomic mass is 35.5. The molecule has 16 heavy (non-hydrogen) atoms. The zero-order valence-corrected chi connectivity index (χ0v) is 9.65. The van der Waals surface area contributed by atoms with E-state index in [1.165, 1.54) is 0 Å². The van der Waals surface area contributed by atoms with Crippen LogP contribution in [0.5, 0.6) is 0 Å². The van der Waals surface area contributed by atoms with Crippen molar-refractivity contribution in [3.63, 3.8) is 0 Å². The smallest absolute Gasteiger partial charge is 0.144 e. The lowest BCUT2D eigenvalue weighted by Gasteiger charge is -2.08. The van der Waals surface area contributed by atoms with Crippen LogP contribution in [0.3, 0.4) is 0 Å². The molecule has 0 aromatic heterocycles. The van der Waals surface area contributed by atoms with Crippen molar-refractivity contribution in [1.29, 1.82) is 0 Å². The molecule has 0 aliphatic heterocycles. The minimum Gasteiger partial charge on any atom is -0.324 e. The Morgan fingerprint density at radius 2 is 2.25 bits per heavy atom. The predicted octanol–water partition coefficient (Wildman–Crippen LogP) is 2.36. The Hall–Kier alpha value is -1.12. The van der Waals surface area contributed by atoms with Gasteiger partial charge in [-0.05, 0) is 24.1 Å². The normalized spacial score (nSPS) is 23.6. The average Bonchev–Trinajstić information content (AvgIpc) is 2.65. The largest absolute Gasteiger partial charge is 0.324 e. The van der Waals surface area contributed by atoms with Crippen LogP contribution in [0.4, 0.5) is 0 Å². The Morgan fingerprint density at radius 1 is 1.44 bits per heavy atom. The van der Waals surface area contributed by atoms with Crippen LogP contribution in [-0.4, -0.2) is 11.8 Å². The minimum atomic E-state index is -0.0195. The summed E-state index contributed by atoms with van der Waals surface area (Å²) < 4.78 is 0. The summed E-state index contributed by atoms with van der Waals surface area (Å²) in [6.07, 6.45) is 4.99. The topological polar surface area (TPSA) is 43.1 Å². The Bertz CT molecular complexity index is 428. The highest BCUT2D eigenvalue weighted by Crippen LogP contribution is 2.20. The summed E-state index contributed by atoms with van der Waals surface area (Å²) in [5.74, 6) is 0.195. The number of rotatable bonds is 3. The van der Waals surface area contributed by atoms with E-state index in [1.54, 1.807) is 6.07 Å². The molecular weight excluding hydrogens is 222 g/mol. The molecular formula is C13H14ClNO. The standard InChI is InChI=1S/C13H14ClNO/c14-11-3-1-2-9(6-11)7-13(16)10-4-5-12(15)8-10/h1-6,10,12H,7-8,15H2. The first-order chi connectivity index (χ1) is 7.65. The van der Waals surface area contributed by atoms with Gasteiger partial charge in [-0.25, -0.2) is 0 Å². The second-order valence-corrected chi connectivity index (χ2v) is 4.60. The molecule has 0 spiro atoms. The molecule has 2 rings (SSSR count). The number of nitrogens with two attached hydrogens (primary N) is 1. The summed E-state index contributed by atoms with van der Waals surface area (Å²) in [6, 6.07) is 7.45. The SMILES string of the molecule is NC1C=CC(C(=O)Cc2cccc(Cl)c2)C1. The Balaban J connectivity index is 2.00. The van der Waals surface area contributed by atoms with Gasteiger partial charge in [0, 0.05) is 23.4 Å². The maximum atomic E-state index is 11.9. The predicted molar refractivity (Wildman–Crippen MR) is 65.4 cm³/mol. The van der Waals surface area contributed by atoms with Gasteiger partial charge in [0.25, 0.3) is 0 Å². The summed E-state index contributed by atoms with van der Waals surface area (Å²) >= 11 is 5.87. The average molecular weight is 236 g/mol. The monoisotopic (exact) mass is 235 g/mol. The van der Waals surface area contributed by atoms with Crippen LogP contribution in [0.25, 0.3) is 0 Å². The number of benzene rings is 1. The molecule has 3 heteroatoms. The van der Waals surface area contributed by atoms with Crippen molar-refractivity contribution >= 4 is 17.4 Å². The molecule has 0 heterocycles. The van der Waals surface area contributed by atoms with Crippen LogP contribution < -0.4 is 5.73 Å². The number of halogens is 1. The van der Waals surface area contributed by atoms with Crippen molar-refractivity contribution < 1.29 is 4.79 Å². The molecule has 0 amide bonds. The van der Waals surface area contributed by atoms with Gasteiger partial charge in [0.05, 0.1) is 0 Å². The van der Waals surface area contributed by atoms with Crippen molar-refractivity contribution in [2.45, 2.75) is 18.9 Å². The van der Waals surface area contributed by atoms with E-state index < -0.39 is 0 Å². The van der Waals surface area contributed by atoms with Gasteiger partial charge < -0.3 is 5.73 Å². The molecule has 1 aromatic rings. The first kappa shape index (κ1) is 11.4. The van der Waals surface area contributed by atoms with Gasteiger partial charge in [-0.3, -0.25) is 4.79 Å². The van der Waals surface area contributed by atoms with Crippen molar-refractivity contribution in [3.05, 3.63) is 47.0 Å². The number of hydrogen-bond acceptors (Lipinski definition) is 2. The lowest BCUT2D eigenvalue weighted by molar-refractivity contribution is -0.120. The van der Waals surface area contributed by atoms with Crippen molar-refractivity contribution in [3.8, 4) is 0 Å². The fraction of sp³-hybridized carbons (Fsp3) is 0.308. The van der Waals surface area contributed by atoms with E-state index in [4.69, 9.17) is 17.3 Å². The van der Waals surface area contributed by atoms with Gasteiger partial charge in [0.15, 0.2) is 0 Å². The van der Waals surface area contributed by atoms with Gasteiger partial charge in [-0.1, -0.05) is 35.9 Å². The van der Waals surface area contributed by atoms with E-state index in [9.17, 15) is 4.79 Å². The van der Waals surface area contributed by atoms with Crippen molar-refractivity contribution in [1.82, 2.24) is 0 Å². The number of ketones is 1. The molecule has 1 aliphatic rings. The second kappa shape index (κ2) is 4.81. The van der Waals surface area contributed by atoms with Crippen molar-refractivity contribution in [2.75, 3.05) is 0 Å². The summed E-state index contributed by atoms with van der Waals surface area (Å²) in [5.41, 5.74) is 6.68. The van der Waals surface area contributed by atoms with Crippen LogP contribution in [-0.2, 0) is 11.2 Å². The minimum absolute atomic E-state index is 0.0195. The lowest BCUT2D eigenvalue weighted by Crippen LogP contribution is -2.20. The van der Waals surface area contributed by atoms with E-state index in [2.05, 4.69) is 0 Å². The highest BCUT2D eigenvalue weighted by molar-refractivity contribution is 6.30. The zero-order chi connectivity index (χ0) is 11.5. The van der Waals surface area contributed by atoms with Crippen LogP contribution >= 0.6 is 11.6 Å². The molecule has 0 bridgehead atoms. The number of hydrogen-bond donors (Lipinski definition) is 1. The van der Waals surface area contributed by atoms with Gasteiger partial charge in [0.1, 0.15) is 5.78 Å². The Morgan fingerprint density at radius 3 is 2.88 bits per heavy atom. The van der Waals surface area contributed by atoms with Gasteiger partial charge in [0.2, 0.25) is 0 Å². The summed E-state index contributed by atoms with van der Waals surface area (Å²) in [4.78, 5) is 11.9. The quantitative estimate of drug-likeness (QED) is 0.818. The molecule has 2 nitrogen and oxygen atoms in total. The van der Waals surface area contributed by atoms with E-state index in [-0.39, 0.29) is 17.7 Å². The highest BCUT2D eigenvalue weighted by Gasteiger charge is 2.22. The third-order valence-corrected chi connectivity index (χ3v) is 3.03. The second-order valence-electron chi connectivity index (χ2n) is 4.16. The molecule has 0 saturated carbocycles. The van der Waals surface area contributed by atoms with E-state index in [0.717, 1.165) is 12.0 Å². The van der Waals surface area contributed by atoms with E-state index in [1.807, 2.05) is 30.4 Å². The summed E-state index contributed by atoms with van der Waals surface area (Å²) in [7, 11) is 0. The third-order valence-electron chi connectivity index (χ3n) is 2.80.